The summed E-state index contributed by atoms with van der Waals surface area (Å²) in [6, 6.07) is 8.47. The molecule has 5 rings (SSSR count). The number of aromatic nitrogens is 5. The van der Waals surface area contributed by atoms with E-state index in [1.54, 1.807) is 0 Å². The summed E-state index contributed by atoms with van der Waals surface area (Å²) < 4.78 is 15.2. The van der Waals surface area contributed by atoms with E-state index in [-0.39, 0.29) is 12.0 Å². The van der Waals surface area contributed by atoms with E-state index in [1.807, 2.05) is 42.2 Å². The van der Waals surface area contributed by atoms with Crippen molar-refractivity contribution in [3.63, 3.8) is 0 Å². The molecule has 2 N–H and O–H groups in total. The monoisotopic (exact) mass is 451 g/mol. The van der Waals surface area contributed by atoms with Crippen LogP contribution in [0.3, 0.4) is 0 Å². The summed E-state index contributed by atoms with van der Waals surface area (Å²) in [5.41, 5.74) is 7.97. The lowest BCUT2D eigenvalue weighted by molar-refractivity contribution is -0.106. The Morgan fingerprint density at radius 3 is 2.42 bits per heavy atom. The van der Waals surface area contributed by atoms with Crippen LogP contribution in [0.4, 0.5) is 10.2 Å². The third-order valence-corrected chi connectivity index (χ3v) is 5.06. The Balaban J connectivity index is 0.000000214. The number of amides is 1. The minimum Gasteiger partial charge on any atom is -0.372 e. The minimum absolute atomic E-state index is 0.198. The smallest absolute Gasteiger partial charge is 0.250 e. The van der Waals surface area contributed by atoms with Crippen LogP contribution in [-0.2, 0) is 11.8 Å². The lowest BCUT2D eigenvalue weighted by Crippen LogP contribution is -2.19. The Hall–Kier alpha value is -4.08. The van der Waals surface area contributed by atoms with Crippen LogP contribution >= 0.6 is 0 Å². The van der Waals surface area contributed by atoms with Crippen molar-refractivity contribution in [2.75, 3.05) is 18.0 Å². The molecule has 0 atom stereocenters. The number of hydrogen-bond acceptors (Lipinski definition) is 6. The third kappa shape index (κ3) is 6.00. The fourth-order valence-corrected chi connectivity index (χ4v) is 3.37. The van der Waals surface area contributed by atoms with Gasteiger partial charge < -0.3 is 15.2 Å². The molecule has 0 bridgehead atoms. The van der Waals surface area contributed by atoms with Gasteiger partial charge in [-0.15, -0.1) is 0 Å². The number of pyridine rings is 2. The maximum absolute atomic E-state index is 12.2. The first-order valence-corrected chi connectivity index (χ1v) is 10.4. The summed E-state index contributed by atoms with van der Waals surface area (Å²) in [6.07, 6.45) is 9.63. The zero-order valence-corrected chi connectivity index (χ0v) is 18.6. The molecule has 1 amide bonds. The molecule has 1 saturated heterocycles. The second kappa shape index (κ2) is 11.0. The SMILES string of the molecule is Cc1ccc(-c2cnn3ccc(N4CCCC4)nc23)cn1.Cn1cc(F)ccc1=O.NC=O. The summed E-state index contributed by atoms with van der Waals surface area (Å²) in [5.74, 6) is 0.652. The van der Waals surface area contributed by atoms with Crippen molar-refractivity contribution >= 4 is 17.9 Å². The van der Waals surface area contributed by atoms with Gasteiger partial charge in [0.15, 0.2) is 5.65 Å². The number of fused-ring (bicyclic) bond motifs is 1. The van der Waals surface area contributed by atoms with Crippen LogP contribution in [0, 0.1) is 12.7 Å². The molecule has 1 aliphatic rings. The van der Waals surface area contributed by atoms with Gasteiger partial charge in [-0.2, -0.15) is 5.10 Å². The van der Waals surface area contributed by atoms with Gasteiger partial charge in [-0.3, -0.25) is 14.6 Å². The molecule has 10 heteroatoms. The van der Waals surface area contributed by atoms with E-state index < -0.39 is 5.82 Å². The Bertz CT molecular complexity index is 1260. The molecule has 0 radical (unpaired) electrons. The number of aryl methyl sites for hydroxylation is 2. The van der Waals surface area contributed by atoms with Crippen LogP contribution in [0.5, 0.6) is 0 Å². The van der Waals surface area contributed by atoms with Gasteiger partial charge in [0.25, 0.3) is 0 Å². The van der Waals surface area contributed by atoms with E-state index in [1.165, 1.54) is 30.5 Å². The standard InChI is InChI=1S/C16H17N5.C6H6FNO.CH3NO/c1-12-4-5-13(10-17-12)14-11-18-21-9-6-15(19-16(14)21)20-7-2-3-8-20;1-8-4-5(7)2-3-6(8)9;2-1-3/h4-6,9-11H,2-3,7-8H2,1H3;2-4H,1H3;1H,(H2,2,3). The Morgan fingerprint density at radius 1 is 1.09 bits per heavy atom. The van der Waals surface area contributed by atoms with Crippen molar-refractivity contribution < 1.29 is 9.18 Å². The summed E-state index contributed by atoms with van der Waals surface area (Å²) in [6.45, 7) is 4.18. The molecular formula is C23H26FN7O2. The van der Waals surface area contributed by atoms with E-state index in [2.05, 4.69) is 26.8 Å². The average molecular weight is 452 g/mol. The summed E-state index contributed by atoms with van der Waals surface area (Å²) in [5, 5.41) is 4.39. The number of carbonyl (C=O) groups is 1. The van der Waals surface area contributed by atoms with Crippen molar-refractivity contribution in [3.05, 3.63) is 77.0 Å². The molecule has 9 nitrogen and oxygen atoms in total. The predicted molar refractivity (Wildman–Crippen MR) is 124 cm³/mol. The molecule has 0 unspecified atom stereocenters. The normalized spacial score (nSPS) is 12.5. The van der Waals surface area contributed by atoms with Crippen molar-refractivity contribution in [1.29, 1.82) is 0 Å². The molecule has 1 aliphatic heterocycles. The highest BCUT2D eigenvalue weighted by molar-refractivity contribution is 5.77. The highest BCUT2D eigenvalue weighted by Crippen LogP contribution is 2.25. The molecule has 0 saturated carbocycles. The largest absolute Gasteiger partial charge is 0.372 e. The van der Waals surface area contributed by atoms with Gasteiger partial charge in [-0.05, 0) is 38.0 Å². The first-order valence-electron chi connectivity index (χ1n) is 10.4. The van der Waals surface area contributed by atoms with Crippen LogP contribution in [0.2, 0.25) is 0 Å². The van der Waals surface area contributed by atoms with Crippen molar-refractivity contribution in [3.8, 4) is 11.1 Å². The molecule has 4 aromatic heterocycles. The summed E-state index contributed by atoms with van der Waals surface area (Å²) >= 11 is 0. The number of carbonyl (C=O) groups excluding carboxylic acids is 1. The third-order valence-electron chi connectivity index (χ3n) is 5.06. The fourth-order valence-electron chi connectivity index (χ4n) is 3.37. The van der Waals surface area contributed by atoms with E-state index in [4.69, 9.17) is 9.78 Å². The van der Waals surface area contributed by atoms with Crippen molar-refractivity contribution in [2.45, 2.75) is 19.8 Å². The average Bonchev–Trinajstić information content (AvgIpc) is 3.48. The molecule has 5 heterocycles. The molecule has 0 aliphatic carbocycles. The predicted octanol–water partition coefficient (Wildman–Crippen LogP) is 2.33. The minimum atomic E-state index is -0.392. The van der Waals surface area contributed by atoms with Gasteiger partial charge in [-0.25, -0.2) is 13.9 Å². The first-order chi connectivity index (χ1) is 15.9. The van der Waals surface area contributed by atoms with E-state index in [0.29, 0.717) is 0 Å². The molecule has 33 heavy (non-hydrogen) atoms. The first kappa shape index (κ1) is 23.6. The zero-order valence-electron chi connectivity index (χ0n) is 18.6. The van der Waals surface area contributed by atoms with Crippen molar-refractivity contribution in [1.82, 2.24) is 24.1 Å². The molecule has 0 spiro atoms. The van der Waals surface area contributed by atoms with E-state index in [9.17, 15) is 9.18 Å². The number of hydrogen-bond donors (Lipinski definition) is 1. The Morgan fingerprint density at radius 2 is 1.82 bits per heavy atom. The highest BCUT2D eigenvalue weighted by Gasteiger charge is 2.15. The van der Waals surface area contributed by atoms with Crippen LogP contribution in [-0.4, -0.2) is 43.6 Å². The molecule has 0 aromatic carbocycles. The molecule has 1 fully saturated rings. The number of anilines is 1. The maximum Gasteiger partial charge on any atom is 0.250 e. The van der Waals surface area contributed by atoms with Gasteiger partial charge in [0, 0.05) is 61.6 Å². The number of primary amides is 1. The zero-order chi connectivity index (χ0) is 23.8. The number of nitrogens with zero attached hydrogens (tertiary/aromatic N) is 6. The second-order valence-corrected chi connectivity index (χ2v) is 7.43. The molecular weight excluding hydrogens is 425 g/mol. The molecule has 4 aromatic rings. The van der Waals surface area contributed by atoms with Gasteiger partial charge in [0.1, 0.15) is 11.6 Å². The summed E-state index contributed by atoms with van der Waals surface area (Å²) in [4.78, 5) is 30.7. The van der Waals surface area contributed by atoms with E-state index >= 15 is 0 Å². The number of rotatable bonds is 2. The fraction of sp³-hybridized carbons (Fsp3) is 0.261. The van der Waals surface area contributed by atoms with E-state index in [0.717, 1.165) is 53.6 Å². The van der Waals surface area contributed by atoms with Crippen LogP contribution in [0.15, 0.2) is 59.9 Å². The summed E-state index contributed by atoms with van der Waals surface area (Å²) in [7, 11) is 1.51. The highest BCUT2D eigenvalue weighted by atomic mass is 19.1. The lowest BCUT2D eigenvalue weighted by atomic mass is 10.1. The van der Waals surface area contributed by atoms with Crippen LogP contribution in [0.25, 0.3) is 16.8 Å². The topological polar surface area (TPSA) is 111 Å². The van der Waals surface area contributed by atoms with Gasteiger partial charge >= 0.3 is 0 Å². The van der Waals surface area contributed by atoms with Crippen LogP contribution in [0.1, 0.15) is 18.5 Å². The maximum atomic E-state index is 12.2. The lowest BCUT2D eigenvalue weighted by Gasteiger charge is -2.16. The number of halogens is 1. The second-order valence-electron chi connectivity index (χ2n) is 7.43. The number of nitrogens with two attached hydrogens (primary N) is 1. The Labute approximate surface area is 190 Å². The van der Waals surface area contributed by atoms with Gasteiger partial charge in [0.05, 0.1) is 6.20 Å². The van der Waals surface area contributed by atoms with Crippen molar-refractivity contribution in [2.24, 2.45) is 12.8 Å². The van der Waals surface area contributed by atoms with Crippen LogP contribution < -0.4 is 16.2 Å². The molecule has 172 valence electrons. The van der Waals surface area contributed by atoms with Gasteiger partial charge in [0.2, 0.25) is 12.0 Å². The van der Waals surface area contributed by atoms with Gasteiger partial charge in [-0.1, -0.05) is 6.07 Å². The Kier molecular flexibility index (Phi) is 7.85. The quantitative estimate of drug-likeness (QED) is 0.468.